The Morgan fingerprint density at radius 2 is 2.03 bits per heavy atom. The minimum absolute atomic E-state index is 0.133. The lowest BCUT2D eigenvalue weighted by Crippen LogP contribution is -2.14. The number of carbonyl (C=O) groups excluding carboxylic acids is 1. The fraction of sp³-hybridized carbons (Fsp3) is 0.240. The summed E-state index contributed by atoms with van der Waals surface area (Å²) >= 11 is 9.12. The molecule has 166 valence electrons. The van der Waals surface area contributed by atoms with Gasteiger partial charge in [-0.1, -0.05) is 53.7 Å². The second-order valence-corrected chi connectivity index (χ2v) is 10.4. The quantitative estimate of drug-likeness (QED) is 0.321. The van der Waals surface area contributed by atoms with E-state index in [1.165, 1.54) is 16.6 Å². The second-order valence-electron chi connectivity index (χ2n) is 7.96. The monoisotopic (exact) mass is 492 g/mol. The highest BCUT2D eigenvalue weighted by molar-refractivity contribution is 7.99. The molecule has 0 aliphatic heterocycles. The summed E-state index contributed by atoms with van der Waals surface area (Å²) in [5.41, 5.74) is 4.70. The van der Waals surface area contributed by atoms with Crippen LogP contribution in [0.5, 0.6) is 0 Å². The summed E-state index contributed by atoms with van der Waals surface area (Å²) in [6.07, 6.45) is 4.16. The Kier molecular flexibility index (Phi) is 6.41. The van der Waals surface area contributed by atoms with Gasteiger partial charge in [0.15, 0.2) is 5.16 Å². The van der Waals surface area contributed by atoms with Crippen LogP contribution in [-0.2, 0) is 24.2 Å². The van der Waals surface area contributed by atoms with E-state index in [1.807, 2.05) is 36.4 Å². The van der Waals surface area contributed by atoms with Gasteiger partial charge < -0.3 is 9.88 Å². The largest absolute Gasteiger partial charge is 0.316 e. The summed E-state index contributed by atoms with van der Waals surface area (Å²) in [5.74, 6) is 0.0747. The maximum Gasteiger partial charge on any atom is 0.235 e. The van der Waals surface area contributed by atoms with E-state index in [2.05, 4.69) is 28.1 Å². The number of anilines is 1. The van der Waals surface area contributed by atoms with Crippen LogP contribution in [0.3, 0.4) is 0 Å². The molecule has 8 heteroatoms. The summed E-state index contributed by atoms with van der Waals surface area (Å²) in [4.78, 5) is 18.8. The zero-order valence-corrected chi connectivity index (χ0v) is 20.2. The van der Waals surface area contributed by atoms with Crippen LogP contribution in [0, 0.1) is 11.3 Å². The highest BCUT2D eigenvalue weighted by atomic mass is 35.5. The predicted molar refractivity (Wildman–Crippen MR) is 135 cm³/mol. The Bertz CT molecular complexity index is 1370. The number of fused-ring (bicyclic) bond motifs is 2. The lowest BCUT2D eigenvalue weighted by Gasteiger charge is -2.10. The zero-order chi connectivity index (χ0) is 22.8. The average molecular weight is 493 g/mol. The van der Waals surface area contributed by atoms with Gasteiger partial charge in [-0.3, -0.25) is 4.79 Å². The van der Waals surface area contributed by atoms with Gasteiger partial charge in [-0.15, -0.1) is 11.3 Å². The molecule has 0 atom stereocenters. The van der Waals surface area contributed by atoms with Crippen LogP contribution in [0.25, 0.3) is 11.0 Å². The van der Waals surface area contributed by atoms with Crippen molar-refractivity contribution in [1.29, 1.82) is 5.26 Å². The molecule has 0 spiro atoms. The first-order valence-electron chi connectivity index (χ1n) is 10.8. The van der Waals surface area contributed by atoms with Crippen LogP contribution < -0.4 is 5.32 Å². The molecular weight excluding hydrogens is 472 g/mol. The topological polar surface area (TPSA) is 70.7 Å². The van der Waals surface area contributed by atoms with E-state index in [1.54, 1.807) is 11.3 Å². The molecule has 2 aromatic heterocycles. The minimum Gasteiger partial charge on any atom is -0.316 e. The number of hydrogen-bond donors (Lipinski definition) is 1. The SMILES string of the molecule is N#Cc1c(NC(=O)CSc2nc3cc(Cl)ccc3n2Cc2ccccc2)sc2c1CCCC2. The molecule has 5 rings (SSSR count). The summed E-state index contributed by atoms with van der Waals surface area (Å²) < 4.78 is 2.11. The van der Waals surface area contributed by atoms with E-state index in [0.29, 0.717) is 22.1 Å². The fourth-order valence-electron chi connectivity index (χ4n) is 4.17. The van der Waals surface area contributed by atoms with E-state index in [9.17, 15) is 10.1 Å². The zero-order valence-electron chi connectivity index (χ0n) is 17.8. The molecule has 0 unspecified atom stereocenters. The Balaban J connectivity index is 1.36. The van der Waals surface area contributed by atoms with Crippen molar-refractivity contribution in [2.75, 3.05) is 11.1 Å². The van der Waals surface area contributed by atoms with Gasteiger partial charge in [0.05, 0.1) is 28.9 Å². The van der Waals surface area contributed by atoms with E-state index in [0.717, 1.165) is 53.0 Å². The van der Waals surface area contributed by atoms with Crippen LogP contribution in [0.1, 0.15) is 34.4 Å². The summed E-state index contributed by atoms with van der Waals surface area (Å²) in [5, 5.41) is 14.7. The smallest absolute Gasteiger partial charge is 0.235 e. The van der Waals surface area contributed by atoms with Crippen molar-refractivity contribution in [1.82, 2.24) is 9.55 Å². The molecular formula is C25H21ClN4OS2. The molecule has 0 radical (unpaired) electrons. The summed E-state index contributed by atoms with van der Waals surface area (Å²) in [7, 11) is 0. The molecule has 1 aliphatic rings. The highest BCUT2D eigenvalue weighted by Gasteiger charge is 2.22. The molecule has 1 N–H and O–H groups in total. The maximum absolute atomic E-state index is 12.8. The molecule has 2 heterocycles. The number of benzene rings is 2. The van der Waals surface area contributed by atoms with Crippen LogP contribution in [0.15, 0.2) is 53.7 Å². The van der Waals surface area contributed by atoms with E-state index in [-0.39, 0.29) is 11.7 Å². The molecule has 1 aliphatic carbocycles. The normalized spacial score (nSPS) is 13.0. The molecule has 33 heavy (non-hydrogen) atoms. The number of nitrogens with one attached hydrogen (secondary N) is 1. The van der Waals surface area contributed by atoms with Gasteiger partial charge in [0, 0.05) is 9.90 Å². The lowest BCUT2D eigenvalue weighted by molar-refractivity contribution is -0.113. The third kappa shape index (κ3) is 4.65. The van der Waals surface area contributed by atoms with Crippen molar-refractivity contribution >= 4 is 56.6 Å². The van der Waals surface area contributed by atoms with Crippen molar-refractivity contribution in [3.63, 3.8) is 0 Å². The van der Waals surface area contributed by atoms with Crippen molar-refractivity contribution in [3.05, 3.63) is 75.1 Å². The molecule has 1 amide bonds. The van der Waals surface area contributed by atoms with Gasteiger partial charge in [-0.05, 0) is 55.0 Å². The third-order valence-electron chi connectivity index (χ3n) is 5.73. The van der Waals surface area contributed by atoms with Crippen molar-refractivity contribution in [2.45, 2.75) is 37.4 Å². The molecule has 2 aromatic carbocycles. The number of nitriles is 1. The maximum atomic E-state index is 12.8. The molecule has 5 nitrogen and oxygen atoms in total. The number of carbonyl (C=O) groups is 1. The number of aryl methyl sites for hydroxylation is 1. The molecule has 0 saturated carbocycles. The average Bonchev–Trinajstić information content (AvgIpc) is 3.35. The molecule has 0 saturated heterocycles. The van der Waals surface area contributed by atoms with Crippen molar-refractivity contribution in [3.8, 4) is 6.07 Å². The second kappa shape index (κ2) is 9.60. The van der Waals surface area contributed by atoms with Crippen LogP contribution in [0.2, 0.25) is 5.02 Å². The number of hydrogen-bond acceptors (Lipinski definition) is 5. The lowest BCUT2D eigenvalue weighted by atomic mass is 9.96. The Hall–Kier alpha value is -2.79. The first-order valence-corrected chi connectivity index (χ1v) is 13.0. The number of imidazole rings is 1. The molecule has 0 fully saturated rings. The number of nitrogens with zero attached hydrogens (tertiary/aromatic N) is 3. The number of amides is 1. The van der Waals surface area contributed by atoms with Gasteiger partial charge in [0.1, 0.15) is 11.1 Å². The fourth-order valence-corrected chi connectivity index (χ4v) is 6.41. The van der Waals surface area contributed by atoms with Crippen molar-refractivity contribution < 1.29 is 4.79 Å². The standard InChI is InChI=1S/C25H21ClN4OS2/c26-17-10-11-21-20(12-17)28-25(30(21)14-16-6-2-1-3-7-16)32-15-23(31)29-24-19(13-27)18-8-4-5-9-22(18)33-24/h1-3,6-7,10-12H,4-5,8-9,14-15H2,(H,29,31). The Morgan fingerprint density at radius 3 is 2.85 bits per heavy atom. The molecule has 0 bridgehead atoms. The number of halogens is 1. The van der Waals surface area contributed by atoms with Gasteiger partial charge in [0.2, 0.25) is 5.91 Å². The first-order chi connectivity index (χ1) is 16.1. The number of thioether (sulfide) groups is 1. The van der Waals surface area contributed by atoms with Gasteiger partial charge in [-0.25, -0.2) is 4.98 Å². The Morgan fingerprint density at radius 1 is 1.21 bits per heavy atom. The summed E-state index contributed by atoms with van der Waals surface area (Å²) in [6, 6.07) is 18.1. The summed E-state index contributed by atoms with van der Waals surface area (Å²) in [6.45, 7) is 0.652. The first kappa shape index (κ1) is 22.0. The number of thiophene rings is 1. The van der Waals surface area contributed by atoms with Gasteiger partial charge in [0.25, 0.3) is 0 Å². The van der Waals surface area contributed by atoms with Gasteiger partial charge in [-0.2, -0.15) is 5.26 Å². The number of aromatic nitrogens is 2. The third-order valence-corrected chi connectivity index (χ3v) is 8.15. The van der Waals surface area contributed by atoms with Crippen LogP contribution >= 0.6 is 34.7 Å². The number of rotatable bonds is 6. The minimum atomic E-state index is -0.133. The Labute approximate surface area is 205 Å². The van der Waals surface area contributed by atoms with Crippen molar-refractivity contribution in [2.24, 2.45) is 0 Å². The van der Waals surface area contributed by atoms with Crippen LogP contribution in [-0.4, -0.2) is 21.2 Å². The molecule has 4 aromatic rings. The predicted octanol–water partition coefficient (Wildman–Crippen LogP) is 6.28. The van der Waals surface area contributed by atoms with E-state index < -0.39 is 0 Å². The van der Waals surface area contributed by atoms with Crippen LogP contribution in [0.4, 0.5) is 5.00 Å². The highest BCUT2D eigenvalue weighted by Crippen LogP contribution is 2.37. The van der Waals surface area contributed by atoms with Gasteiger partial charge >= 0.3 is 0 Å². The van der Waals surface area contributed by atoms with E-state index >= 15 is 0 Å². The van der Waals surface area contributed by atoms with E-state index in [4.69, 9.17) is 16.6 Å².